The molecule has 8 nitrogen and oxygen atoms in total. The molecule has 0 spiro atoms. The van der Waals surface area contributed by atoms with Crippen LogP contribution < -0.4 is 21.1 Å². The summed E-state index contributed by atoms with van der Waals surface area (Å²) in [5.41, 5.74) is 7.17. The van der Waals surface area contributed by atoms with E-state index >= 15 is 0 Å². The molecule has 0 aliphatic rings. The number of carbonyl (C=O) groups excluding carboxylic acids is 2. The Kier molecular flexibility index (Phi) is 9.84. The zero-order chi connectivity index (χ0) is 27.0. The number of rotatable bonds is 10. The Morgan fingerprint density at radius 1 is 1.08 bits per heavy atom. The largest absolute Gasteiger partial charge is 0.497 e. The van der Waals surface area contributed by atoms with Crippen molar-refractivity contribution in [1.82, 2.24) is 10.6 Å². The number of aliphatic hydroxyl groups excluding tert-OH is 1. The summed E-state index contributed by atoms with van der Waals surface area (Å²) in [6.45, 7) is 2.84. The Hall–Kier alpha value is -3.62. The molecule has 0 fully saturated rings. The van der Waals surface area contributed by atoms with Crippen LogP contribution in [0.3, 0.4) is 0 Å². The van der Waals surface area contributed by atoms with Crippen LogP contribution in [0.25, 0.3) is 0 Å². The maximum absolute atomic E-state index is 13.2. The van der Waals surface area contributed by atoms with Crippen molar-refractivity contribution in [3.05, 3.63) is 65.2 Å². The first-order valence-corrected chi connectivity index (χ1v) is 11.1. The van der Waals surface area contributed by atoms with Crippen LogP contribution in [0.15, 0.2) is 48.5 Å². The van der Waals surface area contributed by atoms with Gasteiger partial charge in [0, 0.05) is 0 Å². The number of ether oxygens (including phenoxy) is 1. The Morgan fingerprint density at radius 2 is 1.69 bits per heavy atom. The zero-order valence-corrected chi connectivity index (χ0v) is 20.0. The molecule has 0 aliphatic heterocycles. The Labute approximate surface area is 207 Å². The molecule has 11 heteroatoms. The van der Waals surface area contributed by atoms with E-state index in [1.165, 1.54) is 45.2 Å². The number of nitrogens with one attached hydrogen (secondary N) is 2. The Balaban J connectivity index is 2.31. The third-order valence-electron chi connectivity index (χ3n) is 5.62. The van der Waals surface area contributed by atoms with Gasteiger partial charge in [-0.2, -0.15) is 18.4 Å². The number of nitrogens with two attached hydrogens (primary N) is 1. The first kappa shape index (κ1) is 28.6. The molecule has 0 bridgehead atoms. The molecular formula is C25H29F3N4O4. The molecular weight excluding hydrogens is 477 g/mol. The highest BCUT2D eigenvalue weighted by Crippen LogP contribution is 2.26. The van der Waals surface area contributed by atoms with Gasteiger partial charge < -0.3 is 26.2 Å². The van der Waals surface area contributed by atoms with E-state index in [2.05, 4.69) is 10.6 Å². The molecule has 4 atom stereocenters. The van der Waals surface area contributed by atoms with Crippen molar-refractivity contribution in [2.45, 2.75) is 50.7 Å². The second kappa shape index (κ2) is 12.4. The fourth-order valence-corrected chi connectivity index (χ4v) is 3.54. The van der Waals surface area contributed by atoms with Crippen LogP contribution in [-0.4, -0.2) is 48.4 Å². The summed E-state index contributed by atoms with van der Waals surface area (Å²) in [4.78, 5) is 26.1. The standard InChI is InChI=1S/C25H29F3N4O4/c1-14(2)20(22(33)25(26,27)28)31-24(35)21(15-8-10-18(36-3)11-9-15)32-23(34)19(30)12-16-6-4-5-7-17(16)13-29/h4-11,14,19-22,33H,12,30H2,1-3H3,(H,31,35)(H,32,34). The maximum Gasteiger partial charge on any atom is 0.416 e. The number of benzene rings is 2. The minimum absolute atomic E-state index is 0.00603. The van der Waals surface area contributed by atoms with Crippen molar-refractivity contribution in [2.75, 3.05) is 7.11 Å². The van der Waals surface area contributed by atoms with Crippen LogP contribution in [0.5, 0.6) is 5.75 Å². The van der Waals surface area contributed by atoms with Gasteiger partial charge in [0.05, 0.1) is 30.8 Å². The molecule has 4 unspecified atom stereocenters. The SMILES string of the molecule is COc1ccc(C(NC(=O)C(N)Cc2ccccc2C#N)C(=O)NC(C(C)C)C(O)C(F)(F)F)cc1. The number of methoxy groups -OCH3 is 1. The van der Waals surface area contributed by atoms with Crippen LogP contribution in [0.4, 0.5) is 13.2 Å². The van der Waals surface area contributed by atoms with E-state index < -0.39 is 48.1 Å². The lowest BCUT2D eigenvalue weighted by Gasteiger charge is -2.31. The third kappa shape index (κ3) is 7.44. The van der Waals surface area contributed by atoms with E-state index in [0.717, 1.165) is 0 Å². The number of halogens is 3. The summed E-state index contributed by atoms with van der Waals surface area (Å²) < 4.78 is 44.6. The van der Waals surface area contributed by atoms with Crippen LogP contribution in [0.1, 0.15) is 36.6 Å². The first-order chi connectivity index (χ1) is 16.9. The average molecular weight is 507 g/mol. The smallest absolute Gasteiger partial charge is 0.416 e. The fourth-order valence-electron chi connectivity index (χ4n) is 3.54. The molecule has 0 aliphatic carbocycles. The van der Waals surface area contributed by atoms with Gasteiger partial charge in [-0.1, -0.05) is 44.2 Å². The number of hydrogen-bond acceptors (Lipinski definition) is 6. The van der Waals surface area contributed by atoms with Gasteiger partial charge in [-0.25, -0.2) is 0 Å². The second-order valence-electron chi connectivity index (χ2n) is 8.56. The van der Waals surface area contributed by atoms with Crippen LogP contribution in [0, 0.1) is 17.2 Å². The normalized spacial score (nSPS) is 14.8. The number of aliphatic hydroxyl groups is 1. The summed E-state index contributed by atoms with van der Waals surface area (Å²) in [5, 5.41) is 23.7. The highest BCUT2D eigenvalue weighted by molar-refractivity contribution is 5.91. The van der Waals surface area contributed by atoms with E-state index in [4.69, 9.17) is 10.5 Å². The minimum Gasteiger partial charge on any atom is -0.497 e. The summed E-state index contributed by atoms with van der Waals surface area (Å²) in [7, 11) is 1.44. The summed E-state index contributed by atoms with van der Waals surface area (Å²) in [6, 6.07) is 10.3. The monoisotopic (exact) mass is 506 g/mol. The number of nitrogens with zero attached hydrogens (tertiary/aromatic N) is 1. The maximum atomic E-state index is 13.2. The summed E-state index contributed by atoms with van der Waals surface area (Å²) in [6.07, 6.45) is -7.77. The fraction of sp³-hybridized carbons (Fsp3) is 0.400. The minimum atomic E-state index is -4.96. The molecule has 0 aromatic heterocycles. The van der Waals surface area contributed by atoms with Gasteiger partial charge in [-0.05, 0) is 41.7 Å². The lowest BCUT2D eigenvalue weighted by atomic mass is 9.96. The van der Waals surface area contributed by atoms with Crippen molar-refractivity contribution in [3.63, 3.8) is 0 Å². The Bertz CT molecular complexity index is 1080. The molecule has 2 rings (SSSR count). The topological polar surface area (TPSA) is 137 Å². The molecule has 194 valence electrons. The molecule has 2 aromatic rings. The average Bonchev–Trinajstić information content (AvgIpc) is 2.84. The summed E-state index contributed by atoms with van der Waals surface area (Å²) in [5.74, 6) is -2.03. The van der Waals surface area contributed by atoms with Gasteiger partial charge in [0.2, 0.25) is 11.8 Å². The number of nitriles is 1. The third-order valence-corrected chi connectivity index (χ3v) is 5.62. The van der Waals surface area contributed by atoms with Crippen LogP contribution in [-0.2, 0) is 16.0 Å². The quantitative estimate of drug-likeness (QED) is 0.390. The molecule has 2 aromatic carbocycles. The number of carbonyl (C=O) groups is 2. The van der Waals surface area contributed by atoms with Gasteiger partial charge >= 0.3 is 6.18 Å². The predicted molar refractivity (Wildman–Crippen MR) is 126 cm³/mol. The van der Waals surface area contributed by atoms with Crippen molar-refractivity contribution in [2.24, 2.45) is 11.7 Å². The van der Waals surface area contributed by atoms with Crippen LogP contribution in [0.2, 0.25) is 0 Å². The number of alkyl halides is 3. The highest BCUT2D eigenvalue weighted by Gasteiger charge is 2.45. The van der Waals surface area contributed by atoms with Gasteiger partial charge in [0.15, 0.2) is 6.10 Å². The molecule has 0 heterocycles. The van der Waals surface area contributed by atoms with E-state index in [1.54, 1.807) is 24.3 Å². The highest BCUT2D eigenvalue weighted by atomic mass is 19.4. The molecule has 36 heavy (non-hydrogen) atoms. The van der Waals surface area contributed by atoms with Crippen molar-refractivity contribution in [3.8, 4) is 11.8 Å². The predicted octanol–water partition coefficient (Wildman–Crippen LogP) is 2.36. The second-order valence-corrected chi connectivity index (χ2v) is 8.56. The van der Waals surface area contributed by atoms with Gasteiger partial charge in [-0.3, -0.25) is 9.59 Å². The Morgan fingerprint density at radius 3 is 2.22 bits per heavy atom. The molecule has 0 radical (unpaired) electrons. The zero-order valence-electron chi connectivity index (χ0n) is 20.0. The number of amides is 2. The molecule has 5 N–H and O–H groups in total. The summed E-state index contributed by atoms with van der Waals surface area (Å²) >= 11 is 0. The van der Waals surface area contributed by atoms with E-state index in [1.807, 2.05) is 6.07 Å². The lowest BCUT2D eigenvalue weighted by molar-refractivity contribution is -0.215. The van der Waals surface area contributed by atoms with Gasteiger partial charge in [0.25, 0.3) is 0 Å². The number of hydrogen-bond donors (Lipinski definition) is 4. The molecule has 2 amide bonds. The van der Waals surface area contributed by atoms with E-state index in [-0.39, 0.29) is 12.0 Å². The lowest BCUT2D eigenvalue weighted by Crippen LogP contribution is -2.56. The van der Waals surface area contributed by atoms with Gasteiger partial charge in [0.1, 0.15) is 11.8 Å². The molecule has 0 saturated carbocycles. The van der Waals surface area contributed by atoms with E-state index in [9.17, 15) is 33.1 Å². The van der Waals surface area contributed by atoms with E-state index in [0.29, 0.717) is 16.9 Å². The molecule has 0 saturated heterocycles. The van der Waals surface area contributed by atoms with Gasteiger partial charge in [-0.15, -0.1) is 0 Å². The van der Waals surface area contributed by atoms with Crippen molar-refractivity contribution in [1.29, 1.82) is 5.26 Å². The van der Waals surface area contributed by atoms with Crippen molar-refractivity contribution < 1.29 is 32.6 Å². The first-order valence-electron chi connectivity index (χ1n) is 11.1. The van der Waals surface area contributed by atoms with Crippen molar-refractivity contribution >= 4 is 11.8 Å². The van der Waals surface area contributed by atoms with Crippen LogP contribution >= 0.6 is 0 Å².